The molecule has 0 fully saturated rings. The second kappa shape index (κ2) is 10.0. The lowest BCUT2D eigenvalue weighted by Crippen LogP contribution is -2.29. The number of nitrogens with two attached hydrogens (primary N) is 1. The summed E-state index contributed by atoms with van der Waals surface area (Å²) in [6, 6.07) is 18.0. The molecule has 33 heavy (non-hydrogen) atoms. The largest absolute Gasteiger partial charge is 0.382 e. The number of para-hydroxylation sites is 1. The molecule has 3 N–H and O–H groups in total. The van der Waals surface area contributed by atoms with E-state index in [4.69, 9.17) is 17.3 Å². The molecule has 168 valence electrons. The van der Waals surface area contributed by atoms with Crippen LogP contribution in [0.2, 0.25) is 5.02 Å². The van der Waals surface area contributed by atoms with Crippen molar-refractivity contribution in [1.29, 1.82) is 5.26 Å². The number of fused-ring (bicyclic) bond motifs is 1. The maximum atomic E-state index is 13.3. The van der Waals surface area contributed by atoms with Gasteiger partial charge in [-0.15, -0.1) is 0 Å². The second-order valence-corrected chi connectivity index (χ2v) is 7.25. The predicted octanol–water partition coefficient (Wildman–Crippen LogP) is 3.79. The molecule has 0 spiro atoms. The average molecular weight is 463 g/mol. The third kappa shape index (κ3) is 4.45. The second-order valence-electron chi connectivity index (χ2n) is 6.84. The van der Waals surface area contributed by atoms with E-state index >= 15 is 0 Å². The first-order valence-electron chi connectivity index (χ1n) is 10.3. The zero-order valence-electron chi connectivity index (χ0n) is 18.5. The molecule has 2 aromatic heterocycles. The van der Waals surface area contributed by atoms with Crippen molar-refractivity contribution in [3.63, 3.8) is 0 Å². The fraction of sp³-hybridized carbons (Fsp3) is 0.167. The zero-order chi connectivity index (χ0) is 24.1. The molecule has 0 atom stereocenters. The van der Waals surface area contributed by atoms with E-state index in [0.717, 1.165) is 0 Å². The highest BCUT2D eigenvalue weighted by molar-refractivity contribution is 6.35. The minimum Gasteiger partial charge on any atom is -0.382 e. The molecule has 0 saturated heterocycles. The summed E-state index contributed by atoms with van der Waals surface area (Å²) in [5, 5.41) is 17.4. The van der Waals surface area contributed by atoms with Gasteiger partial charge in [-0.05, 0) is 29.7 Å². The Labute approximate surface area is 195 Å². The van der Waals surface area contributed by atoms with Crippen LogP contribution in [0.25, 0.3) is 16.5 Å². The van der Waals surface area contributed by atoms with E-state index in [9.17, 15) is 14.9 Å². The molecule has 8 nitrogen and oxygen atoms in total. The number of carbonyl (C=O) groups is 1. The molecular weight excluding hydrogens is 440 g/mol. The maximum absolute atomic E-state index is 13.3. The molecule has 1 amide bonds. The highest BCUT2D eigenvalue weighted by Crippen LogP contribution is 2.23. The normalized spacial score (nSPS) is 10.3. The van der Waals surface area contributed by atoms with E-state index in [-0.39, 0.29) is 29.2 Å². The van der Waals surface area contributed by atoms with Crippen LogP contribution in [0.4, 0.5) is 5.82 Å². The van der Waals surface area contributed by atoms with Crippen LogP contribution in [0.15, 0.2) is 59.4 Å². The summed E-state index contributed by atoms with van der Waals surface area (Å²) in [5.41, 5.74) is 6.75. The molecule has 0 bridgehead atoms. The van der Waals surface area contributed by atoms with Gasteiger partial charge in [-0.2, -0.15) is 10.4 Å². The van der Waals surface area contributed by atoms with Crippen LogP contribution in [0.1, 0.15) is 35.6 Å². The third-order valence-corrected chi connectivity index (χ3v) is 5.24. The lowest BCUT2D eigenvalue weighted by molar-refractivity contribution is 0.0950. The summed E-state index contributed by atoms with van der Waals surface area (Å²) < 4.78 is 2.76. The summed E-state index contributed by atoms with van der Waals surface area (Å²) in [5.74, 6) is -0.595. The van der Waals surface area contributed by atoms with Gasteiger partial charge in [-0.1, -0.05) is 55.8 Å². The topological polar surface area (TPSA) is 119 Å². The lowest BCUT2D eigenvalue weighted by Gasteiger charge is -2.16. The Balaban J connectivity index is 0.00000149. The smallest absolute Gasteiger partial charge is 0.264 e. The Kier molecular flexibility index (Phi) is 7.16. The Bertz CT molecular complexity index is 1420. The molecule has 0 radical (unpaired) electrons. The van der Waals surface area contributed by atoms with Gasteiger partial charge in [0.2, 0.25) is 0 Å². The van der Waals surface area contributed by atoms with Gasteiger partial charge in [-0.25, -0.2) is 0 Å². The minimum absolute atomic E-state index is 0.00226. The van der Waals surface area contributed by atoms with Gasteiger partial charge in [0.05, 0.1) is 17.0 Å². The van der Waals surface area contributed by atoms with Crippen molar-refractivity contribution in [2.45, 2.75) is 20.4 Å². The first-order valence-corrected chi connectivity index (χ1v) is 10.7. The molecule has 0 saturated carbocycles. The van der Waals surface area contributed by atoms with Crippen molar-refractivity contribution in [3.8, 4) is 11.8 Å². The number of aryl methyl sites for hydroxylation is 1. The van der Waals surface area contributed by atoms with Crippen molar-refractivity contribution < 1.29 is 4.79 Å². The standard InChI is InChI=1S/C22H17ClN6O2.C2H6/c1-28-17(11-24)19(20(25)27-28)21(30)26-12-15-10-13-6-5-9-16(23)18(13)22(31)29(15)14-7-3-2-4-8-14;1-2/h2-10H,12H2,1H3,(H2,25,27)(H,26,30);1-2H3. The summed E-state index contributed by atoms with van der Waals surface area (Å²) in [6.45, 7) is 4.02. The summed E-state index contributed by atoms with van der Waals surface area (Å²) in [4.78, 5) is 26.1. The number of anilines is 1. The average Bonchev–Trinajstić information content (AvgIpc) is 3.12. The molecule has 0 aliphatic rings. The number of rotatable bonds is 4. The highest BCUT2D eigenvalue weighted by Gasteiger charge is 2.21. The molecule has 4 rings (SSSR count). The van der Waals surface area contributed by atoms with Crippen molar-refractivity contribution in [3.05, 3.63) is 86.9 Å². The maximum Gasteiger partial charge on any atom is 0.264 e. The molecule has 4 aromatic rings. The number of benzene rings is 2. The fourth-order valence-electron chi connectivity index (χ4n) is 3.52. The molecule has 9 heteroatoms. The van der Waals surface area contributed by atoms with Crippen molar-refractivity contribution >= 4 is 34.1 Å². The number of carbonyl (C=O) groups excluding carboxylic acids is 1. The van der Waals surface area contributed by atoms with Gasteiger partial charge >= 0.3 is 0 Å². The van der Waals surface area contributed by atoms with Gasteiger partial charge in [0.15, 0.2) is 11.5 Å². The Morgan fingerprint density at radius 2 is 1.88 bits per heavy atom. The van der Waals surface area contributed by atoms with Crippen LogP contribution in [-0.4, -0.2) is 20.3 Å². The number of nitrogens with zero attached hydrogens (tertiary/aromatic N) is 4. The van der Waals surface area contributed by atoms with Gasteiger partial charge < -0.3 is 11.1 Å². The van der Waals surface area contributed by atoms with Crippen molar-refractivity contribution in [2.75, 3.05) is 5.73 Å². The number of halogens is 1. The Hall–Kier alpha value is -4.09. The van der Waals surface area contributed by atoms with E-state index in [0.29, 0.717) is 27.2 Å². The number of aromatic nitrogens is 3. The number of hydrogen-bond acceptors (Lipinski definition) is 5. The Morgan fingerprint density at radius 1 is 1.18 bits per heavy atom. The van der Waals surface area contributed by atoms with Gasteiger partial charge in [0, 0.05) is 18.4 Å². The first-order chi connectivity index (χ1) is 15.9. The van der Waals surface area contributed by atoms with Crippen LogP contribution in [0.3, 0.4) is 0 Å². The summed E-state index contributed by atoms with van der Waals surface area (Å²) in [7, 11) is 1.53. The fourth-order valence-corrected chi connectivity index (χ4v) is 3.78. The Morgan fingerprint density at radius 3 is 2.55 bits per heavy atom. The molecule has 2 heterocycles. The van der Waals surface area contributed by atoms with Crippen LogP contribution >= 0.6 is 11.6 Å². The molecule has 0 aliphatic heterocycles. The SMILES string of the molecule is CC.Cn1nc(N)c(C(=O)NCc2cc3cccc(Cl)c3c(=O)n2-c2ccccc2)c1C#N. The van der Waals surface area contributed by atoms with E-state index < -0.39 is 5.91 Å². The van der Waals surface area contributed by atoms with Gasteiger partial charge in [0.1, 0.15) is 11.6 Å². The van der Waals surface area contributed by atoms with Crippen molar-refractivity contribution in [2.24, 2.45) is 7.05 Å². The van der Waals surface area contributed by atoms with Crippen molar-refractivity contribution in [1.82, 2.24) is 19.7 Å². The lowest BCUT2D eigenvalue weighted by atomic mass is 10.1. The van der Waals surface area contributed by atoms with Crippen LogP contribution in [-0.2, 0) is 13.6 Å². The molecular formula is C24H23ClN6O2. The van der Waals surface area contributed by atoms with E-state index in [1.165, 1.54) is 16.3 Å². The monoisotopic (exact) mass is 462 g/mol. The number of nitriles is 1. The van der Waals surface area contributed by atoms with E-state index in [2.05, 4.69) is 10.4 Å². The zero-order valence-corrected chi connectivity index (χ0v) is 19.2. The summed E-state index contributed by atoms with van der Waals surface area (Å²) in [6.07, 6.45) is 0. The van der Waals surface area contributed by atoms with Gasteiger partial charge in [-0.3, -0.25) is 18.8 Å². The number of pyridine rings is 1. The number of nitrogen functional groups attached to an aromatic ring is 1. The van der Waals surface area contributed by atoms with E-state index in [1.807, 2.05) is 38.1 Å². The molecule has 2 aromatic carbocycles. The molecule has 0 aliphatic carbocycles. The van der Waals surface area contributed by atoms with E-state index in [1.54, 1.807) is 36.4 Å². The number of amides is 1. The van der Waals surface area contributed by atoms with Crippen LogP contribution < -0.4 is 16.6 Å². The van der Waals surface area contributed by atoms with Crippen LogP contribution in [0, 0.1) is 11.3 Å². The minimum atomic E-state index is -0.555. The predicted molar refractivity (Wildman–Crippen MR) is 129 cm³/mol. The highest BCUT2D eigenvalue weighted by atomic mass is 35.5. The van der Waals surface area contributed by atoms with Gasteiger partial charge in [0.25, 0.3) is 11.5 Å². The van der Waals surface area contributed by atoms with Crippen LogP contribution in [0.5, 0.6) is 0 Å². The first kappa shape index (κ1) is 23.6. The third-order valence-electron chi connectivity index (χ3n) is 4.92. The summed E-state index contributed by atoms with van der Waals surface area (Å²) >= 11 is 6.30. The number of hydrogen-bond donors (Lipinski definition) is 2. The molecule has 0 unspecified atom stereocenters. The quantitative estimate of drug-likeness (QED) is 0.478. The number of nitrogens with one attached hydrogen (secondary N) is 1.